The van der Waals surface area contributed by atoms with Gasteiger partial charge in [-0.25, -0.2) is 13.2 Å². The third kappa shape index (κ3) is 6.03. The summed E-state index contributed by atoms with van der Waals surface area (Å²) in [5.41, 5.74) is 0.682. The second-order valence-corrected chi connectivity index (χ2v) is 8.40. The Balaban J connectivity index is 1.69. The Labute approximate surface area is 183 Å². The lowest BCUT2D eigenvalue weighted by Gasteiger charge is -2.29. The Morgan fingerprint density at radius 1 is 0.935 bits per heavy atom. The summed E-state index contributed by atoms with van der Waals surface area (Å²) in [4.78, 5) is 0. The highest BCUT2D eigenvalue weighted by Crippen LogP contribution is 2.35. The summed E-state index contributed by atoms with van der Waals surface area (Å²) < 4.78 is 55.5. The van der Waals surface area contributed by atoms with Gasteiger partial charge in [-0.2, -0.15) is 0 Å². The maximum Gasteiger partial charge on any atom is 0.166 e. The van der Waals surface area contributed by atoms with Crippen LogP contribution in [-0.4, -0.2) is 19.3 Å². The molecule has 3 rings (SSSR count). The molecule has 5 heteroatoms. The zero-order valence-corrected chi connectivity index (χ0v) is 18.6. The highest BCUT2D eigenvalue weighted by atomic mass is 19.2. The van der Waals surface area contributed by atoms with Gasteiger partial charge in [0.05, 0.1) is 19.3 Å². The molecular weight excluding hydrogens is 401 g/mol. The van der Waals surface area contributed by atoms with Gasteiger partial charge in [-0.05, 0) is 48.9 Å². The smallest absolute Gasteiger partial charge is 0.166 e. The summed E-state index contributed by atoms with van der Waals surface area (Å²) in [7, 11) is 0. The van der Waals surface area contributed by atoms with Gasteiger partial charge in [-0.1, -0.05) is 57.7 Å². The van der Waals surface area contributed by atoms with Crippen LogP contribution in [0.1, 0.15) is 76.7 Å². The maximum absolute atomic E-state index is 14.9. The summed E-state index contributed by atoms with van der Waals surface area (Å²) >= 11 is 0. The van der Waals surface area contributed by atoms with Gasteiger partial charge in [0.1, 0.15) is 0 Å². The maximum atomic E-state index is 14.9. The third-order valence-corrected chi connectivity index (χ3v) is 6.05. The van der Waals surface area contributed by atoms with E-state index in [1.807, 2.05) is 6.92 Å². The van der Waals surface area contributed by atoms with Crippen LogP contribution in [0.15, 0.2) is 30.3 Å². The molecule has 2 nitrogen and oxygen atoms in total. The lowest BCUT2D eigenvalue weighted by Crippen LogP contribution is -2.25. The SMILES string of the molecule is CCCCCC1CCC(c2ccc(-c3ccc(OCCCC)c(F)c3)c(F)c2F)CO1. The molecule has 1 saturated heterocycles. The Bertz CT molecular complexity index is 845. The van der Waals surface area contributed by atoms with E-state index in [9.17, 15) is 13.2 Å². The van der Waals surface area contributed by atoms with E-state index < -0.39 is 17.5 Å². The molecule has 2 unspecified atom stereocenters. The largest absolute Gasteiger partial charge is 0.491 e. The van der Waals surface area contributed by atoms with Gasteiger partial charge in [0.25, 0.3) is 0 Å². The van der Waals surface area contributed by atoms with Crippen molar-refractivity contribution in [2.45, 2.75) is 77.2 Å². The Morgan fingerprint density at radius 3 is 2.42 bits per heavy atom. The zero-order chi connectivity index (χ0) is 22.2. The van der Waals surface area contributed by atoms with E-state index in [1.54, 1.807) is 12.1 Å². The van der Waals surface area contributed by atoms with Crippen LogP contribution in [0.2, 0.25) is 0 Å². The number of rotatable bonds is 10. The molecule has 2 aromatic carbocycles. The average Bonchev–Trinajstić information content (AvgIpc) is 2.78. The van der Waals surface area contributed by atoms with Crippen molar-refractivity contribution in [2.75, 3.05) is 13.2 Å². The van der Waals surface area contributed by atoms with E-state index in [0.29, 0.717) is 24.3 Å². The molecule has 2 atom stereocenters. The number of ether oxygens (including phenoxy) is 2. The minimum absolute atomic E-state index is 0.0504. The molecule has 0 N–H and O–H groups in total. The van der Waals surface area contributed by atoms with Crippen LogP contribution in [-0.2, 0) is 4.74 Å². The van der Waals surface area contributed by atoms with E-state index >= 15 is 0 Å². The highest BCUT2D eigenvalue weighted by Gasteiger charge is 2.27. The first-order valence-corrected chi connectivity index (χ1v) is 11.6. The van der Waals surface area contributed by atoms with Crippen molar-refractivity contribution in [1.29, 1.82) is 0 Å². The highest BCUT2D eigenvalue weighted by molar-refractivity contribution is 5.66. The Kier molecular flexibility index (Phi) is 8.82. The van der Waals surface area contributed by atoms with Crippen molar-refractivity contribution in [3.05, 3.63) is 53.3 Å². The first-order chi connectivity index (χ1) is 15.0. The molecule has 0 radical (unpaired) electrons. The van der Waals surface area contributed by atoms with Gasteiger partial charge < -0.3 is 9.47 Å². The van der Waals surface area contributed by atoms with Gasteiger partial charge in [-0.15, -0.1) is 0 Å². The van der Waals surface area contributed by atoms with E-state index in [-0.39, 0.29) is 23.3 Å². The monoisotopic (exact) mass is 434 g/mol. The summed E-state index contributed by atoms with van der Waals surface area (Å²) in [5, 5.41) is 0. The second kappa shape index (κ2) is 11.6. The number of hydrogen-bond donors (Lipinski definition) is 0. The van der Waals surface area contributed by atoms with Crippen LogP contribution in [0.5, 0.6) is 5.75 Å². The molecule has 0 saturated carbocycles. The molecule has 1 aliphatic heterocycles. The molecule has 1 heterocycles. The molecule has 2 aromatic rings. The molecule has 0 spiro atoms. The second-order valence-electron chi connectivity index (χ2n) is 8.40. The summed E-state index contributed by atoms with van der Waals surface area (Å²) in [5.74, 6) is -2.41. The minimum Gasteiger partial charge on any atom is -0.491 e. The van der Waals surface area contributed by atoms with Crippen molar-refractivity contribution in [1.82, 2.24) is 0 Å². The molecule has 1 fully saturated rings. The van der Waals surface area contributed by atoms with Crippen LogP contribution < -0.4 is 4.74 Å². The molecule has 31 heavy (non-hydrogen) atoms. The number of halogens is 3. The van der Waals surface area contributed by atoms with Crippen molar-refractivity contribution in [3.8, 4) is 16.9 Å². The molecule has 1 aliphatic rings. The summed E-state index contributed by atoms with van der Waals surface area (Å²) in [6, 6.07) is 7.38. The molecule has 0 bridgehead atoms. The number of hydrogen-bond acceptors (Lipinski definition) is 2. The Morgan fingerprint density at radius 2 is 1.74 bits per heavy atom. The van der Waals surface area contributed by atoms with Crippen LogP contribution in [0, 0.1) is 17.5 Å². The molecule has 170 valence electrons. The number of unbranched alkanes of at least 4 members (excludes halogenated alkanes) is 3. The minimum atomic E-state index is -0.943. The quantitative estimate of drug-likeness (QED) is 0.355. The molecular formula is C26H33F3O2. The van der Waals surface area contributed by atoms with Gasteiger partial charge in [0.2, 0.25) is 0 Å². The van der Waals surface area contributed by atoms with Crippen LogP contribution in [0.25, 0.3) is 11.1 Å². The van der Waals surface area contributed by atoms with Crippen molar-refractivity contribution >= 4 is 0 Å². The van der Waals surface area contributed by atoms with E-state index in [0.717, 1.165) is 38.5 Å². The van der Waals surface area contributed by atoms with Gasteiger partial charge in [-0.3, -0.25) is 0 Å². The van der Waals surface area contributed by atoms with E-state index in [2.05, 4.69) is 6.92 Å². The van der Waals surface area contributed by atoms with Gasteiger partial charge >= 0.3 is 0 Å². The number of benzene rings is 2. The van der Waals surface area contributed by atoms with E-state index in [4.69, 9.17) is 9.47 Å². The lowest BCUT2D eigenvalue weighted by molar-refractivity contribution is -0.00277. The topological polar surface area (TPSA) is 18.5 Å². The fourth-order valence-corrected chi connectivity index (χ4v) is 4.12. The standard InChI is InChI=1S/C26H33F3O2/c1-3-5-7-8-20-11-9-19(17-31-20)22-13-12-21(25(28)26(22)29)18-10-14-24(23(27)16-18)30-15-6-4-2/h10,12-14,16,19-20H,3-9,11,15,17H2,1-2H3. The summed E-state index contributed by atoms with van der Waals surface area (Å²) in [6.45, 7) is 5.02. The fourth-order valence-electron chi connectivity index (χ4n) is 4.12. The van der Waals surface area contributed by atoms with E-state index in [1.165, 1.54) is 31.0 Å². The first-order valence-electron chi connectivity index (χ1n) is 11.6. The normalized spacial score (nSPS) is 18.9. The van der Waals surface area contributed by atoms with Gasteiger partial charge in [0.15, 0.2) is 23.2 Å². The molecule has 0 amide bonds. The predicted octanol–water partition coefficient (Wildman–Crippen LogP) is 7.79. The third-order valence-electron chi connectivity index (χ3n) is 6.05. The zero-order valence-electron chi connectivity index (χ0n) is 18.6. The lowest BCUT2D eigenvalue weighted by atomic mass is 9.88. The van der Waals surface area contributed by atoms with Gasteiger partial charge in [0, 0.05) is 11.5 Å². The van der Waals surface area contributed by atoms with Crippen LogP contribution >= 0.6 is 0 Å². The Hall–Kier alpha value is -2.01. The van der Waals surface area contributed by atoms with Crippen LogP contribution in [0.3, 0.4) is 0 Å². The van der Waals surface area contributed by atoms with Crippen molar-refractivity contribution < 1.29 is 22.6 Å². The predicted molar refractivity (Wildman–Crippen MR) is 118 cm³/mol. The van der Waals surface area contributed by atoms with Crippen LogP contribution in [0.4, 0.5) is 13.2 Å². The molecule has 0 aromatic heterocycles. The van der Waals surface area contributed by atoms with Crippen molar-refractivity contribution in [2.24, 2.45) is 0 Å². The fraction of sp³-hybridized carbons (Fsp3) is 0.538. The van der Waals surface area contributed by atoms with Crippen molar-refractivity contribution in [3.63, 3.8) is 0 Å². The molecule has 0 aliphatic carbocycles. The summed E-state index contributed by atoms with van der Waals surface area (Å²) in [6.07, 6.45) is 8.17. The average molecular weight is 435 g/mol. The first kappa shape index (κ1) is 23.6.